The number of hydrogen-bond acceptors (Lipinski definition) is 0. The van der Waals surface area contributed by atoms with Gasteiger partial charge in [0.1, 0.15) is 0 Å². The molecule has 0 aromatic rings. The summed E-state index contributed by atoms with van der Waals surface area (Å²) in [5, 5.41) is 0. The summed E-state index contributed by atoms with van der Waals surface area (Å²) in [6.45, 7) is 12.5. The monoisotopic (exact) mass is 164 g/mol. The Morgan fingerprint density at radius 3 is 2.17 bits per heavy atom. The van der Waals surface area contributed by atoms with Crippen molar-refractivity contribution in [3.05, 3.63) is 35.5 Å². The Kier molecular flexibility index (Phi) is 5.44. The highest BCUT2D eigenvalue weighted by atomic mass is 14.0. The van der Waals surface area contributed by atoms with Crippen molar-refractivity contribution >= 4 is 0 Å². The molecule has 0 amide bonds. The first-order valence-corrected chi connectivity index (χ1v) is 4.67. The molecule has 0 aliphatic rings. The van der Waals surface area contributed by atoms with E-state index in [0.29, 0.717) is 0 Å². The van der Waals surface area contributed by atoms with E-state index in [1.54, 1.807) is 0 Å². The van der Waals surface area contributed by atoms with Crippen molar-refractivity contribution in [2.45, 2.75) is 40.5 Å². The largest absolute Gasteiger partial charge is 0.0956 e. The van der Waals surface area contributed by atoms with Gasteiger partial charge in [-0.3, -0.25) is 0 Å². The summed E-state index contributed by atoms with van der Waals surface area (Å²) in [7, 11) is 0. The first-order valence-electron chi connectivity index (χ1n) is 4.67. The Labute approximate surface area is 76.7 Å². The summed E-state index contributed by atoms with van der Waals surface area (Å²) in [4.78, 5) is 0. The maximum atomic E-state index is 4.04. The van der Waals surface area contributed by atoms with Crippen LogP contribution in [0, 0.1) is 0 Å². The molecule has 0 fully saturated rings. The fourth-order valence-corrected chi connectivity index (χ4v) is 1.04. The van der Waals surface area contributed by atoms with Gasteiger partial charge in [-0.25, -0.2) is 0 Å². The van der Waals surface area contributed by atoms with Crippen molar-refractivity contribution in [1.82, 2.24) is 0 Å². The molecular formula is C12H20. The van der Waals surface area contributed by atoms with E-state index in [-0.39, 0.29) is 0 Å². The fourth-order valence-electron chi connectivity index (χ4n) is 1.04. The molecule has 0 saturated carbocycles. The Bertz CT molecular complexity index is 204. The summed E-state index contributed by atoms with van der Waals surface area (Å²) in [5.74, 6) is 0. The topological polar surface area (TPSA) is 0 Å². The van der Waals surface area contributed by atoms with E-state index in [0.717, 1.165) is 12.8 Å². The van der Waals surface area contributed by atoms with Crippen LogP contribution in [-0.2, 0) is 0 Å². The average molecular weight is 164 g/mol. The highest BCUT2D eigenvalue weighted by Crippen LogP contribution is 2.17. The van der Waals surface area contributed by atoms with E-state index in [1.165, 1.54) is 16.7 Å². The van der Waals surface area contributed by atoms with E-state index in [2.05, 4.69) is 46.4 Å². The summed E-state index contributed by atoms with van der Waals surface area (Å²) in [5.41, 5.74) is 3.97. The lowest BCUT2D eigenvalue weighted by molar-refractivity contribution is 1.03. The van der Waals surface area contributed by atoms with Gasteiger partial charge in [0.2, 0.25) is 0 Å². The lowest BCUT2D eigenvalue weighted by atomic mass is 10.0. The van der Waals surface area contributed by atoms with Gasteiger partial charge in [0, 0.05) is 0 Å². The predicted octanol–water partition coefficient (Wildman–Crippen LogP) is 4.26. The molecule has 0 spiro atoms. The van der Waals surface area contributed by atoms with E-state index in [4.69, 9.17) is 0 Å². The van der Waals surface area contributed by atoms with Crippen LogP contribution in [0.3, 0.4) is 0 Å². The van der Waals surface area contributed by atoms with Gasteiger partial charge in [-0.05, 0) is 32.3 Å². The summed E-state index contributed by atoms with van der Waals surface area (Å²) >= 11 is 0. The van der Waals surface area contributed by atoms with Crippen LogP contribution in [-0.4, -0.2) is 0 Å². The molecule has 0 N–H and O–H groups in total. The minimum atomic E-state index is 1.05. The van der Waals surface area contributed by atoms with Crippen molar-refractivity contribution in [2.24, 2.45) is 0 Å². The maximum Gasteiger partial charge on any atom is -0.0305 e. The van der Waals surface area contributed by atoms with Gasteiger partial charge < -0.3 is 0 Å². The third-order valence-electron chi connectivity index (χ3n) is 2.12. The Morgan fingerprint density at radius 2 is 1.83 bits per heavy atom. The highest BCUT2D eigenvalue weighted by Gasteiger charge is 1.97. The second kappa shape index (κ2) is 5.82. The maximum absolute atomic E-state index is 4.04. The fraction of sp³-hybridized carbons (Fsp3) is 0.500. The van der Waals surface area contributed by atoms with Crippen molar-refractivity contribution in [2.75, 3.05) is 0 Å². The SMILES string of the molecule is C=C(CC)/C(=C\C(C)=C/C)CC. The molecule has 12 heavy (non-hydrogen) atoms. The minimum absolute atomic E-state index is 1.05. The van der Waals surface area contributed by atoms with Crippen LogP contribution in [0.15, 0.2) is 35.5 Å². The smallest absolute Gasteiger partial charge is 0.0305 e. The zero-order valence-electron chi connectivity index (χ0n) is 8.78. The van der Waals surface area contributed by atoms with Crippen LogP contribution in [0.1, 0.15) is 40.5 Å². The molecule has 0 bridgehead atoms. The second-order valence-corrected chi connectivity index (χ2v) is 3.01. The second-order valence-electron chi connectivity index (χ2n) is 3.01. The number of allylic oxidation sites excluding steroid dienone is 5. The zero-order chi connectivity index (χ0) is 9.56. The molecule has 0 heteroatoms. The van der Waals surface area contributed by atoms with Crippen LogP contribution in [0.25, 0.3) is 0 Å². The molecule has 0 radical (unpaired) electrons. The molecule has 0 heterocycles. The molecule has 0 aromatic carbocycles. The lowest BCUT2D eigenvalue weighted by Gasteiger charge is -2.05. The molecule has 0 aromatic heterocycles. The van der Waals surface area contributed by atoms with E-state index >= 15 is 0 Å². The number of rotatable bonds is 4. The van der Waals surface area contributed by atoms with Gasteiger partial charge in [-0.2, -0.15) is 0 Å². The molecular weight excluding hydrogens is 144 g/mol. The van der Waals surface area contributed by atoms with Crippen molar-refractivity contribution < 1.29 is 0 Å². The standard InChI is InChI=1S/C12H20/c1-6-10(4)9-12(8-3)11(5)7-2/h6,9H,5,7-8H2,1-4H3/b10-6-,12-9-. The average Bonchev–Trinajstić information content (AvgIpc) is 2.12. The highest BCUT2D eigenvalue weighted by molar-refractivity contribution is 5.34. The first kappa shape index (κ1) is 11.2. The van der Waals surface area contributed by atoms with Crippen LogP contribution in [0.5, 0.6) is 0 Å². The van der Waals surface area contributed by atoms with E-state index in [1.807, 2.05) is 0 Å². The Balaban J connectivity index is 4.54. The summed E-state index contributed by atoms with van der Waals surface area (Å²) < 4.78 is 0. The molecule has 0 aliphatic carbocycles. The Morgan fingerprint density at radius 1 is 1.25 bits per heavy atom. The van der Waals surface area contributed by atoms with Crippen molar-refractivity contribution in [3.63, 3.8) is 0 Å². The van der Waals surface area contributed by atoms with Crippen LogP contribution in [0.2, 0.25) is 0 Å². The van der Waals surface area contributed by atoms with Crippen molar-refractivity contribution in [1.29, 1.82) is 0 Å². The van der Waals surface area contributed by atoms with Crippen molar-refractivity contribution in [3.8, 4) is 0 Å². The molecule has 0 rings (SSSR count). The van der Waals surface area contributed by atoms with Gasteiger partial charge in [-0.1, -0.05) is 43.7 Å². The molecule has 0 nitrogen and oxygen atoms in total. The van der Waals surface area contributed by atoms with E-state index < -0.39 is 0 Å². The third-order valence-corrected chi connectivity index (χ3v) is 2.12. The molecule has 0 atom stereocenters. The lowest BCUT2D eigenvalue weighted by Crippen LogP contribution is -1.85. The zero-order valence-corrected chi connectivity index (χ0v) is 8.78. The Hall–Kier alpha value is -0.780. The third kappa shape index (κ3) is 3.56. The van der Waals surface area contributed by atoms with Crippen LogP contribution < -0.4 is 0 Å². The minimum Gasteiger partial charge on any atom is -0.0956 e. The molecule has 68 valence electrons. The van der Waals surface area contributed by atoms with Crippen LogP contribution in [0.4, 0.5) is 0 Å². The van der Waals surface area contributed by atoms with Gasteiger partial charge >= 0.3 is 0 Å². The normalized spacial score (nSPS) is 13.3. The predicted molar refractivity (Wildman–Crippen MR) is 57.2 cm³/mol. The molecule has 0 saturated heterocycles. The quantitative estimate of drug-likeness (QED) is 0.545. The summed E-state index contributed by atoms with van der Waals surface area (Å²) in [6.07, 6.45) is 6.49. The molecule has 0 unspecified atom stereocenters. The van der Waals surface area contributed by atoms with Gasteiger partial charge in [0.05, 0.1) is 0 Å². The van der Waals surface area contributed by atoms with E-state index in [9.17, 15) is 0 Å². The van der Waals surface area contributed by atoms with Gasteiger partial charge in [0.15, 0.2) is 0 Å². The van der Waals surface area contributed by atoms with Crippen LogP contribution >= 0.6 is 0 Å². The van der Waals surface area contributed by atoms with Gasteiger partial charge in [0.25, 0.3) is 0 Å². The summed E-state index contributed by atoms with van der Waals surface area (Å²) in [6, 6.07) is 0. The number of hydrogen-bond donors (Lipinski definition) is 0. The first-order chi connectivity index (χ1) is 5.65. The molecule has 0 aliphatic heterocycles. The van der Waals surface area contributed by atoms with Gasteiger partial charge in [-0.15, -0.1) is 0 Å².